The number of ketones is 1. The summed E-state index contributed by atoms with van der Waals surface area (Å²) in [5.41, 5.74) is 6.74. The van der Waals surface area contributed by atoms with Crippen molar-refractivity contribution in [3.63, 3.8) is 0 Å². The molecule has 0 fully saturated rings. The van der Waals surface area contributed by atoms with Crippen LogP contribution in [0.2, 0.25) is 0 Å². The first-order valence-electron chi connectivity index (χ1n) is 12.2. The van der Waals surface area contributed by atoms with Gasteiger partial charge in [0, 0.05) is 5.56 Å². The van der Waals surface area contributed by atoms with Crippen LogP contribution in [-0.2, 0) is 19.3 Å². The number of ether oxygens (including phenoxy) is 2. The number of benzene rings is 2. The number of rotatable bonds is 5. The van der Waals surface area contributed by atoms with E-state index >= 15 is 0 Å². The lowest BCUT2D eigenvalue weighted by Gasteiger charge is -2.35. The number of hydrogen-bond acceptors (Lipinski definition) is 4. The van der Waals surface area contributed by atoms with Gasteiger partial charge >= 0.3 is 0 Å². The Balaban J connectivity index is 1.76. The molecule has 0 bridgehead atoms. The molecule has 1 N–H and O–H groups in total. The molecule has 0 spiro atoms. The van der Waals surface area contributed by atoms with E-state index in [2.05, 4.69) is 45.9 Å². The first-order chi connectivity index (χ1) is 16.0. The molecule has 180 valence electrons. The Hall–Kier alpha value is -3.01. The van der Waals surface area contributed by atoms with E-state index in [4.69, 9.17) is 9.47 Å². The molecule has 2 aromatic carbocycles. The molecule has 1 unspecified atom stereocenters. The Bertz CT molecular complexity index is 1170. The summed E-state index contributed by atoms with van der Waals surface area (Å²) in [5, 5.41) is 10.6. The molecule has 4 heteroatoms. The monoisotopic (exact) mass is 460 g/mol. The van der Waals surface area contributed by atoms with Crippen molar-refractivity contribution in [1.29, 1.82) is 0 Å². The van der Waals surface area contributed by atoms with E-state index in [0.717, 1.165) is 41.7 Å². The van der Waals surface area contributed by atoms with Crippen LogP contribution in [0.25, 0.3) is 0 Å². The van der Waals surface area contributed by atoms with Gasteiger partial charge in [-0.25, -0.2) is 0 Å². The summed E-state index contributed by atoms with van der Waals surface area (Å²) < 4.78 is 12.9. The summed E-state index contributed by atoms with van der Waals surface area (Å²) in [5.74, 6) is 1.70. The largest absolute Gasteiger partial charge is 0.508 e. The third-order valence-electron chi connectivity index (χ3n) is 6.62. The van der Waals surface area contributed by atoms with Crippen molar-refractivity contribution < 1.29 is 19.4 Å². The molecule has 4 rings (SSSR count). The fraction of sp³-hybridized carbons (Fsp3) is 0.433. The maximum absolute atomic E-state index is 13.1. The molecule has 0 aliphatic carbocycles. The van der Waals surface area contributed by atoms with Crippen LogP contribution in [0.15, 0.2) is 47.6 Å². The number of carbonyl (C=O) groups excluding carboxylic acids is 1. The quantitative estimate of drug-likeness (QED) is 0.479. The van der Waals surface area contributed by atoms with E-state index in [1.54, 1.807) is 12.1 Å². The highest BCUT2D eigenvalue weighted by Crippen LogP contribution is 2.44. The first-order valence-corrected chi connectivity index (χ1v) is 12.2. The van der Waals surface area contributed by atoms with Gasteiger partial charge in [-0.1, -0.05) is 23.3 Å². The molecule has 0 amide bonds. The Morgan fingerprint density at radius 3 is 2.47 bits per heavy atom. The highest BCUT2D eigenvalue weighted by Gasteiger charge is 2.33. The second kappa shape index (κ2) is 9.32. The fourth-order valence-electron chi connectivity index (χ4n) is 4.64. The first kappa shape index (κ1) is 24.1. The maximum Gasteiger partial charge on any atom is 0.170 e. The highest BCUT2D eigenvalue weighted by molar-refractivity contribution is 6.00. The van der Waals surface area contributed by atoms with Crippen molar-refractivity contribution in [1.82, 2.24) is 0 Å². The lowest BCUT2D eigenvalue weighted by atomic mass is 9.87. The molecular formula is C30H36O4. The lowest BCUT2D eigenvalue weighted by Crippen LogP contribution is -2.33. The summed E-state index contributed by atoms with van der Waals surface area (Å²) in [6.07, 6.45) is 7.33. The standard InChI is InChI=1S/C30H36O4/c1-18(2)7-9-20-15-22(16-21-13-14-30(5,6)34-28(20)21)27-17-26(32)24-11-12-25(31)23(29(24)33-27)10-8-19(3)4/h7-8,11-12,15-16,27,31H,9-10,13-14,17H2,1-6H3. The second-order valence-electron chi connectivity index (χ2n) is 10.7. The van der Waals surface area contributed by atoms with Crippen LogP contribution in [0.5, 0.6) is 17.2 Å². The normalized spacial score (nSPS) is 18.2. The van der Waals surface area contributed by atoms with Crippen LogP contribution in [0.3, 0.4) is 0 Å². The number of aromatic hydroxyl groups is 1. The van der Waals surface area contributed by atoms with Gasteiger partial charge in [-0.2, -0.15) is 0 Å². The number of hydrogen-bond donors (Lipinski definition) is 1. The van der Waals surface area contributed by atoms with Crippen molar-refractivity contribution in [2.75, 3.05) is 0 Å². The summed E-state index contributed by atoms with van der Waals surface area (Å²) >= 11 is 0. The minimum absolute atomic E-state index is 0.0469. The molecule has 2 aliphatic heterocycles. The van der Waals surface area contributed by atoms with Gasteiger partial charge in [-0.05, 0) is 108 Å². The SMILES string of the molecule is CC(C)=CCc1cc(C2CC(=O)c3ccc(O)c(CC=C(C)C)c3O2)cc2c1OC(C)(C)CC2. The molecule has 2 aromatic rings. The maximum atomic E-state index is 13.1. The molecule has 0 saturated heterocycles. The third-order valence-corrected chi connectivity index (χ3v) is 6.62. The molecule has 0 aromatic heterocycles. The zero-order chi connectivity index (χ0) is 24.6. The van der Waals surface area contributed by atoms with Crippen LogP contribution >= 0.6 is 0 Å². The van der Waals surface area contributed by atoms with Gasteiger partial charge in [0.05, 0.1) is 12.0 Å². The summed E-state index contributed by atoms with van der Waals surface area (Å²) in [4.78, 5) is 13.1. The van der Waals surface area contributed by atoms with Crippen molar-refractivity contribution >= 4 is 5.78 Å². The van der Waals surface area contributed by atoms with Gasteiger partial charge in [0.2, 0.25) is 0 Å². The number of phenolic OH excluding ortho intramolecular Hbond substituents is 1. The molecule has 34 heavy (non-hydrogen) atoms. The average Bonchev–Trinajstić information content (AvgIpc) is 2.75. The van der Waals surface area contributed by atoms with Gasteiger partial charge in [0.25, 0.3) is 0 Å². The topological polar surface area (TPSA) is 55.8 Å². The molecule has 4 nitrogen and oxygen atoms in total. The van der Waals surface area contributed by atoms with E-state index in [-0.39, 0.29) is 23.6 Å². The number of fused-ring (bicyclic) bond motifs is 2. The van der Waals surface area contributed by atoms with Crippen LogP contribution < -0.4 is 9.47 Å². The smallest absolute Gasteiger partial charge is 0.170 e. The molecule has 0 saturated carbocycles. The predicted octanol–water partition coefficient (Wildman–Crippen LogP) is 7.22. The molecule has 2 heterocycles. The van der Waals surface area contributed by atoms with Gasteiger partial charge < -0.3 is 14.6 Å². The van der Waals surface area contributed by atoms with E-state index in [1.165, 1.54) is 11.1 Å². The Morgan fingerprint density at radius 1 is 1.06 bits per heavy atom. The minimum atomic E-state index is -0.391. The third kappa shape index (κ3) is 5.06. The average molecular weight is 461 g/mol. The molecule has 2 aliphatic rings. The van der Waals surface area contributed by atoms with Gasteiger partial charge in [0.1, 0.15) is 29.0 Å². The van der Waals surface area contributed by atoms with Crippen molar-refractivity contribution in [2.45, 2.75) is 85.4 Å². The minimum Gasteiger partial charge on any atom is -0.508 e. The van der Waals surface area contributed by atoms with Crippen LogP contribution in [0.1, 0.15) is 93.1 Å². The number of allylic oxidation sites excluding steroid dienone is 4. The number of phenols is 1. The Labute approximate surface area is 203 Å². The highest BCUT2D eigenvalue weighted by atomic mass is 16.5. The Morgan fingerprint density at radius 2 is 1.76 bits per heavy atom. The van der Waals surface area contributed by atoms with E-state index < -0.39 is 6.10 Å². The van der Waals surface area contributed by atoms with Crippen LogP contribution in [0.4, 0.5) is 0 Å². The van der Waals surface area contributed by atoms with Crippen molar-refractivity contribution in [2.24, 2.45) is 0 Å². The van der Waals surface area contributed by atoms with Crippen LogP contribution in [-0.4, -0.2) is 16.5 Å². The van der Waals surface area contributed by atoms with E-state index in [0.29, 0.717) is 23.3 Å². The van der Waals surface area contributed by atoms with E-state index in [9.17, 15) is 9.90 Å². The molecule has 1 atom stereocenters. The fourth-order valence-corrected chi connectivity index (χ4v) is 4.64. The number of aryl methyl sites for hydroxylation is 1. The van der Waals surface area contributed by atoms with Crippen LogP contribution in [0, 0.1) is 0 Å². The van der Waals surface area contributed by atoms with Crippen molar-refractivity contribution in [3.05, 3.63) is 75.4 Å². The lowest BCUT2D eigenvalue weighted by molar-refractivity contribution is 0.0823. The number of carbonyl (C=O) groups is 1. The van der Waals surface area contributed by atoms with Gasteiger partial charge in [0.15, 0.2) is 5.78 Å². The molecular weight excluding hydrogens is 424 g/mol. The summed E-state index contributed by atoms with van der Waals surface area (Å²) in [6.45, 7) is 12.5. The summed E-state index contributed by atoms with van der Waals surface area (Å²) in [6, 6.07) is 7.57. The molecule has 0 radical (unpaired) electrons. The van der Waals surface area contributed by atoms with Crippen molar-refractivity contribution in [3.8, 4) is 17.2 Å². The zero-order valence-electron chi connectivity index (χ0n) is 21.2. The van der Waals surface area contributed by atoms with E-state index in [1.807, 2.05) is 19.9 Å². The van der Waals surface area contributed by atoms with Gasteiger partial charge in [-0.3, -0.25) is 4.79 Å². The summed E-state index contributed by atoms with van der Waals surface area (Å²) in [7, 11) is 0. The Kier molecular flexibility index (Phi) is 6.62. The zero-order valence-corrected chi connectivity index (χ0v) is 21.2. The van der Waals surface area contributed by atoms with Gasteiger partial charge in [-0.15, -0.1) is 0 Å². The predicted molar refractivity (Wildman–Crippen MR) is 136 cm³/mol. The second-order valence-corrected chi connectivity index (χ2v) is 10.7. The number of Topliss-reactive ketones (excluding diaryl/α,β-unsaturated/α-hetero) is 1.